The Morgan fingerprint density at radius 2 is 1.42 bits per heavy atom. The van der Waals surface area contributed by atoms with E-state index in [1.807, 2.05) is 0 Å². The van der Waals surface area contributed by atoms with E-state index in [-0.39, 0.29) is 0 Å². The zero-order valence-corrected chi connectivity index (χ0v) is 13.8. The molecule has 5 heteroatoms. The minimum atomic E-state index is -0.763. The first-order valence-electron chi connectivity index (χ1n) is 7.68. The third kappa shape index (κ3) is 3.01. The van der Waals surface area contributed by atoms with Crippen LogP contribution in [0.5, 0.6) is 0 Å². The van der Waals surface area contributed by atoms with E-state index in [1.165, 1.54) is 64.2 Å². The van der Waals surface area contributed by atoms with Crippen molar-refractivity contribution in [3.63, 3.8) is 0 Å². The van der Waals surface area contributed by atoms with Crippen molar-refractivity contribution in [2.24, 2.45) is 0 Å². The molecule has 2 fully saturated rings. The molecule has 1 heterocycles. The summed E-state index contributed by atoms with van der Waals surface area (Å²) in [5.41, 5.74) is 0. The SMILES string of the molecule is ClC1=CN(C2CCCCC2)P(Cl)N1C1CCCCC1. The summed E-state index contributed by atoms with van der Waals surface area (Å²) in [5, 5.41) is 0.888. The fraction of sp³-hybridized carbons (Fsp3) is 0.857. The lowest BCUT2D eigenvalue weighted by molar-refractivity contribution is 0.301. The molecule has 2 saturated carbocycles. The molecule has 3 aliphatic rings. The number of halogens is 2. The van der Waals surface area contributed by atoms with Gasteiger partial charge in [0.15, 0.2) is 7.58 Å². The molecule has 1 atom stereocenters. The first-order chi connectivity index (χ1) is 9.27. The summed E-state index contributed by atoms with van der Waals surface area (Å²) >= 11 is 13.3. The van der Waals surface area contributed by atoms with E-state index in [9.17, 15) is 0 Å². The van der Waals surface area contributed by atoms with Crippen LogP contribution < -0.4 is 0 Å². The van der Waals surface area contributed by atoms with Crippen LogP contribution in [-0.4, -0.2) is 21.4 Å². The van der Waals surface area contributed by atoms with E-state index in [0.29, 0.717) is 12.1 Å². The van der Waals surface area contributed by atoms with Gasteiger partial charge >= 0.3 is 0 Å². The van der Waals surface area contributed by atoms with Crippen LogP contribution in [0.3, 0.4) is 0 Å². The number of nitrogens with zero attached hydrogens (tertiary/aromatic N) is 2. The van der Waals surface area contributed by atoms with Crippen LogP contribution in [0.15, 0.2) is 11.4 Å². The molecule has 0 radical (unpaired) electrons. The highest BCUT2D eigenvalue weighted by Crippen LogP contribution is 2.61. The van der Waals surface area contributed by atoms with Crippen molar-refractivity contribution in [2.75, 3.05) is 0 Å². The molecule has 0 N–H and O–H groups in total. The lowest BCUT2D eigenvalue weighted by atomic mass is 9.95. The Labute approximate surface area is 127 Å². The smallest absolute Gasteiger partial charge is 0.198 e. The molecule has 108 valence electrons. The van der Waals surface area contributed by atoms with Crippen molar-refractivity contribution >= 4 is 30.4 Å². The topological polar surface area (TPSA) is 6.48 Å². The van der Waals surface area contributed by atoms with Crippen LogP contribution in [0.25, 0.3) is 0 Å². The number of hydrogen-bond donors (Lipinski definition) is 0. The fourth-order valence-corrected chi connectivity index (χ4v) is 7.02. The normalized spacial score (nSPS) is 30.8. The molecule has 1 unspecified atom stereocenters. The van der Waals surface area contributed by atoms with Crippen molar-refractivity contribution in [1.82, 2.24) is 9.34 Å². The fourth-order valence-electron chi connectivity index (χ4n) is 3.63. The Hall–Kier alpha value is 0.350. The van der Waals surface area contributed by atoms with E-state index < -0.39 is 7.58 Å². The third-order valence-corrected chi connectivity index (χ3v) is 7.83. The molecule has 2 aliphatic carbocycles. The minimum absolute atomic E-state index is 0.578. The maximum Gasteiger partial charge on any atom is 0.198 e. The molecule has 0 amide bonds. The molecular weight excluding hydrogens is 298 g/mol. The summed E-state index contributed by atoms with van der Waals surface area (Å²) in [6.07, 6.45) is 15.3. The maximum atomic E-state index is 6.79. The van der Waals surface area contributed by atoms with Crippen molar-refractivity contribution in [3.05, 3.63) is 11.4 Å². The molecular formula is C14H23Cl2N2P. The predicted molar refractivity (Wildman–Crippen MR) is 84.1 cm³/mol. The first kappa shape index (κ1) is 14.3. The second-order valence-corrected chi connectivity index (χ2v) is 8.67. The molecule has 0 bridgehead atoms. The van der Waals surface area contributed by atoms with Crippen molar-refractivity contribution in [2.45, 2.75) is 76.3 Å². The first-order valence-corrected chi connectivity index (χ1v) is 10.2. The van der Waals surface area contributed by atoms with Crippen LogP contribution in [-0.2, 0) is 0 Å². The number of rotatable bonds is 2. The van der Waals surface area contributed by atoms with Gasteiger partial charge in [-0.1, -0.05) is 50.1 Å². The maximum absolute atomic E-state index is 6.79. The van der Waals surface area contributed by atoms with Crippen molar-refractivity contribution < 1.29 is 0 Å². The van der Waals surface area contributed by atoms with Crippen LogP contribution in [0.4, 0.5) is 0 Å². The highest BCUT2D eigenvalue weighted by Gasteiger charge is 2.39. The Bertz CT molecular complexity index is 338. The van der Waals surface area contributed by atoms with Gasteiger partial charge < -0.3 is 9.34 Å². The molecule has 0 aromatic carbocycles. The van der Waals surface area contributed by atoms with E-state index >= 15 is 0 Å². The predicted octanol–water partition coefficient (Wildman–Crippen LogP) is 5.77. The molecule has 0 saturated heterocycles. The lowest BCUT2D eigenvalue weighted by Gasteiger charge is -2.39. The van der Waals surface area contributed by atoms with E-state index in [2.05, 4.69) is 15.5 Å². The third-order valence-electron chi connectivity index (χ3n) is 4.70. The Kier molecular flexibility index (Phi) is 4.82. The van der Waals surface area contributed by atoms with E-state index in [4.69, 9.17) is 22.8 Å². The average molecular weight is 321 g/mol. The van der Waals surface area contributed by atoms with Gasteiger partial charge in [0.1, 0.15) is 5.16 Å². The second kappa shape index (κ2) is 6.41. The summed E-state index contributed by atoms with van der Waals surface area (Å²) in [7, 11) is -0.763. The van der Waals surface area contributed by atoms with Gasteiger partial charge in [0.2, 0.25) is 0 Å². The van der Waals surface area contributed by atoms with Gasteiger partial charge in [0.05, 0.1) is 0 Å². The van der Waals surface area contributed by atoms with Gasteiger partial charge in [-0.15, -0.1) is 0 Å². The largest absolute Gasteiger partial charge is 0.322 e. The van der Waals surface area contributed by atoms with Crippen LogP contribution >= 0.6 is 30.4 Å². The summed E-state index contributed by atoms with van der Waals surface area (Å²) in [4.78, 5) is 0. The Morgan fingerprint density at radius 1 is 0.895 bits per heavy atom. The van der Waals surface area contributed by atoms with Crippen molar-refractivity contribution in [1.29, 1.82) is 0 Å². The molecule has 1 aliphatic heterocycles. The van der Waals surface area contributed by atoms with E-state index in [1.54, 1.807) is 0 Å². The van der Waals surface area contributed by atoms with Gasteiger partial charge in [-0.2, -0.15) is 0 Å². The van der Waals surface area contributed by atoms with Crippen molar-refractivity contribution in [3.8, 4) is 0 Å². The Balaban J connectivity index is 1.68. The van der Waals surface area contributed by atoms with E-state index in [0.717, 1.165) is 5.16 Å². The second-order valence-electron chi connectivity index (χ2n) is 6.00. The minimum Gasteiger partial charge on any atom is -0.322 e. The summed E-state index contributed by atoms with van der Waals surface area (Å²) in [6, 6.07) is 1.20. The zero-order chi connectivity index (χ0) is 13.2. The lowest BCUT2D eigenvalue weighted by Crippen LogP contribution is -2.32. The Morgan fingerprint density at radius 3 is 2.00 bits per heavy atom. The summed E-state index contributed by atoms with van der Waals surface area (Å²) in [5.74, 6) is 0. The van der Waals surface area contributed by atoms with Gasteiger partial charge in [-0.25, -0.2) is 0 Å². The quantitative estimate of drug-likeness (QED) is 0.470. The molecule has 2 nitrogen and oxygen atoms in total. The highest BCUT2D eigenvalue weighted by molar-refractivity contribution is 7.80. The number of hydrogen-bond acceptors (Lipinski definition) is 2. The highest BCUT2D eigenvalue weighted by atomic mass is 35.7. The van der Waals surface area contributed by atoms with Gasteiger partial charge in [-0.3, -0.25) is 0 Å². The monoisotopic (exact) mass is 320 g/mol. The molecule has 19 heavy (non-hydrogen) atoms. The summed E-state index contributed by atoms with van der Waals surface area (Å²) < 4.78 is 4.71. The van der Waals surface area contributed by atoms with Gasteiger partial charge in [0, 0.05) is 18.3 Å². The van der Waals surface area contributed by atoms with Gasteiger partial charge in [0.25, 0.3) is 0 Å². The summed E-state index contributed by atoms with van der Waals surface area (Å²) in [6.45, 7) is 0. The molecule has 0 aromatic heterocycles. The zero-order valence-electron chi connectivity index (χ0n) is 11.4. The average Bonchev–Trinajstić information content (AvgIpc) is 2.76. The van der Waals surface area contributed by atoms with Crippen LogP contribution in [0, 0.1) is 0 Å². The molecule has 0 aromatic rings. The van der Waals surface area contributed by atoms with Gasteiger partial charge in [-0.05, 0) is 36.9 Å². The molecule has 0 spiro atoms. The van der Waals surface area contributed by atoms with Crippen LogP contribution in [0.2, 0.25) is 0 Å². The molecule has 3 rings (SSSR count). The standard InChI is InChI=1S/C14H23Cl2N2P/c15-14-11-17(12-7-3-1-4-8-12)19(16)18(14)13-9-5-2-6-10-13/h11-13H,1-10H2. The van der Waals surface area contributed by atoms with Crippen LogP contribution in [0.1, 0.15) is 64.2 Å².